The zero-order chi connectivity index (χ0) is 16.4. The van der Waals surface area contributed by atoms with Gasteiger partial charge in [-0.1, -0.05) is 6.07 Å². The third-order valence-corrected chi connectivity index (χ3v) is 5.37. The Morgan fingerprint density at radius 2 is 1.96 bits per heavy atom. The van der Waals surface area contributed by atoms with E-state index in [9.17, 15) is 0 Å². The average Bonchev–Trinajstić information content (AvgIpc) is 2.64. The van der Waals surface area contributed by atoms with Crippen LogP contribution in [0.15, 0.2) is 42.7 Å². The van der Waals surface area contributed by atoms with Crippen molar-refractivity contribution in [2.24, 2.45) is 0 Å². The number of hydrogen-bond donors (Lipinski definition) is 0. The minimum Gasteiger partial charge on any atom is -0.497 e. The lowest BCUT2D eigenvalue weighted by Gasteiger charge is -2.45. The maximum atomic E-state index is 6.33. The van der Waals surface area contributed by atoms with E-state index in [1.807, 2.05) is 12.4 Å². The lowest BCUT2D eigenvalue weighted by atomic mass is 9.79. The highest BCUT2D eigenvalue weighted by Gasteiger charge is 2.40. The maximum absolute atomic E-state index is 6.33. The largest absolute Gasteiger partial charge is 0.497 e. The SMILES string of the molecule is COc1ccc2c(c1)CCOC21CCN(Cc2ccncc2)CC1. The zero-order valence-corrected chi connectivity index (χ0v) is 14.2. The van der Waals surface area contributed by atoms with Crippen LogP contribution in [0, 0.1) is 0 Å². The molecule has 1 aromatic heterocycles. The van der Waals surface area contributed by atoms with Crippen molar-refractivity contribution in [2.45, 2.75) is 31.4 Å². The Bertz CT molecular complexity index is 694. The Morgan fingerprint density at radius 3 is 2.71 bits per heavy atom. The number of methoxy groups -OCH3 is 1. The predicted molar refractivity (Wildman–Crippen MR) is 93.1 cm³/mol. The lowest BCUT2D eigenvalue weighted by molar-refractivity contribution is -0.0989. The second kappa shape index (κ2) is 6.54. The number of pyridine rings is 1. The molecule has 0 saturated carbocycles. The van der Waals surface area contributed by atoms with Gasteiger partial charge in [-0.15, -0.1) is 0 Å². The molecule has 1 spiro atoms. The van der Waals surface area contributed by atoms with Crippen molar-refractivity contribution in [3.05, 3.63) is 59.4 Å². The smallest absolute Gasteiger partial charge is 0.119 e. The molecule has 2 aliphatic rings. The summed E-state index contributed by atoms with van der Waals surface area (Å²) in [6.45, 7) is 3.93. The summed E-state index contributed by atoms with van der Waals surface area (Å²) in [6.07, 6.45) is 6.83. The first kappa shape index (κ1) is 15.6. The van der Waals surface area contributed by atoms with E-state index in [0.717, 1.165) is 51.3 Å². The number of rotatable bonds is 3. The third-order valence-electron chi connectivity index (χ3n) is 5.37. The topological polar surface area (TPSA) is 34.6 Å². The van der Waals surface area contributed by atoms with E-state index in [4.69, 9.17) is 9.47 Å². The fourth-order valence-corrected chi connectivity index (χ4v) is 4.01. The van der Waals surface area contributed by atoms with Crippen LogP contribution in [-0.4, -0.2) is 36.7 Å². The molecular formula is C20H24N2O2. The number of likely N-dealkylation sites (tertiary alicyclic amines) is 1. The van der Waals surface area contributed by atoms with E-state index < -0.39 is 0 Å². The molecule has 3 heterocycles. The molecule has 4 heteroatoms. The van der Waals surface area contributed by atoms with Gasteiger partial charge in [0.1, 0.15) is 5.75 Å². The molecule has 1 aromatic carbocycles. The molecular weight excluding hydrogens is 300 g/mol. The summed E-state index contributed by atoms with van der Waals surface area (Å²) >= 11 is 0. The second-order valence-electron chi connectivity index (χ2n) is 6.75. The summed E-state index contributed by atoms with van der Waals surface area (Å²) in [5, 5.41) is 0. The van der Waals surface area contributed by atoms with Crippen molar-refractivity contribution < 1.29 is 9.47 Å². The van der Waals surface area contributed by atoms with Gasteiger partial charge in [0.05, 0.1) is 19.3 Å². The maximum Gasteiger partial charge on any atom is 0.119 e. The van der Waals surface area contributed by atoms with Gasteiger partial charge in [-0.25, -0.2) is 0 Å². The minimum atomic E-state index is -0.103. The fraction of sp³-hybridized carbons (Fsp3) is 0.450. The number of aromatic nitrogens is 1. The highest BCUT2D eigenvalue weighted by molar-refractivity contribution is 5.41. The molecule has 0 aliphatic carbocycles. The van der Waals surface area contributed by atoms with Gasteiger partial charge in [0.15, 0.2) is 0 Å². The molecule has 4 rings (SSSR count). The first-order valence-electron chi connectivity index (χ1n) is 8.72. The van der Waals surface area contributed by atoms with E-state index in [0.29, 0.717) is 0 Å². The standard InChI is InChI=1S/C20H24N2O2/c1-23-18-2-3-19-17(14-18)6-13-24-20(19)7-11-22(12-8-20)15-16-4-9-21-10-5-16/h2-5,9-10,14H,6-8,11-13,15H2,1H3. The summed E-state index contributed by atoms with van der Waals surface area (Å²) < 4.78 is 11.7. The fourth-order valence-electron chi connectivity index (χ4n) is 4.01. The quantitative estimate of drug-likeness (QED) is 0.869. The van der Waals surface area contributed by atoms with Gasteiger partial charge in [0.25, 0.3) is 0 Å². The minimum absolute atomic E-state index is 0.103. The van der Waals surface area contributed by atoms with E-state index in [-0.39, 0.29) is 5.60 Å². The van der Waals surface area contributed by atoms with Crippen molar-refractivity contribution in [1.82, 2.24) is 9.88 Å². The summed E-state index contributed by atoms with van der Waals surface area (Å²) in [6, 6.07) is 10.7. The molecule has 2 aliphatic heterocycles. The van der Waals surface area contributed by atoms with Crippen LogP contribution in [0.3, 0.4) is 0 Å². The predicted octanol–water partition coefficient (Wildman–Crippen LogP) is 3.15. The normalized spacial score (nSPS) is 19.9. The van der Waals surface area contributed by atoms with Gasteiger partial charge in [-0.05, 0) is 60.2 Å². The molecule has 0 bridgehead atoms. The molecule has 0 atom stereocenters. The second-order valence-corrected chi connectivity index (χ2v) is 6.75. The highest BCUT2D eigenvalue weighted by Crippen LogP contribution is 2.42. The van der Waals surface area contributed by atoms with Crippen LogP contribution in [0.2, 0.25) is 0 Å². The molecule has 1 saturated heterocycles. The van der Waals surface area contributed by atoms with Gasteiger partial charge in [0, 0.05) is 32.0 Å². The van der Waals surface area contributed by atoms with Crippen LogP contribution in [0.4, 0.5) is 0 Å². The van der Waals surface area contributed by atoms with Gasteiger partial charge in [-0.3, -0.25) is 9.88 Å². The van der Waals surface area contributed by atoms with Gasteiger partial charge < -0.3 is 9.47 Å². The monoisotopic (exact) mass is 324 g/mol. The highest BCUT2D eigenvalue weighted by atomic mass is 16.5. The van der Waals surface area contributed by atoms with E-state index >= 15 is 0 Å². The van der Waals surface area contributed by atoms with Crippen molar-refractivity contribution >= 4 is 0 Å². The molecule has 0 unspecified atom stereocenters. The molecule has 4 nitrogen and oxygen atoms in total. The Labute approximate surface area is 143 Å². The molecule has 0 N–H and O–H groups in total. The summed E-state index contributed by atoms with van der Waals surface area (Å²) in [5.74, 6) is 0.945. The van der Waals surface area contributed by atoms with Crippen LogP contribution in [0.5, 0.6) is 5.75 Å². The number of ether oxygens (including phenoxy) is 2. The Morgan fingerprint density at radius 1 is 1.17 bits per heavy atom. The van der Waals surface area contributed by atoms with Gasteiger partial charge >= 0.3 is 0 Å². The van der Waals surface area contributed by atoms with E-state index in [1.165, 1.54) is 16.7 Å². The van der Waals surface area contributed by atoms with E-state index in [1.54, 1.807) is 7.11 Å². The Kier molecular flexibility index (Phi) is 4.25. The molecule has 0 radical (unpaired) electrons. The molecule has 1 fully saturated rings. The number of benzene rings is 1. The van der Waals surface area contributed by atoms with Crippen molar-refractivity contribution in [3.8, 4) is 5.75 Å². The van der Waals surface area contributed by atoms with Crippen LogP contribution in [-0.2, 0) is 23.3 Å². The average molecular weight is 324 g/mol. The van der Waals surface area contributed by atoms with Crippen LogP contribution >= 0.6 is 0 Å². The van der Waals surface area contributed by atoms with Crippen LogP contribution in [0.1, 0.15) is 29.5 Å². The number of fused-ring (bicyclic) bond motifs is 2. The van der Waals surface area contributed by atoms with Crippen molar-refractivity contribution in [3.63, 3.8) is 0 Å². The molecule has 0 amide bonds. The summed E-state index contributed by atoms with van der Waals surface area (Å²) in [4.78, 5) is 6.61. The Balaban J connectivity index is 1.49. The number of piperidine rings is 1. The molecule has 126 valence electrons. The van der Waals surface area contributed by atoms with Crippen LogP contribution in [0.25, 0.3) is 0 Å². The van der Waals surface area contributed by atoms with Crippen molar-refractivity contribution in [1.29, 1.82) is 0 Å². The lowest BCUT2D eigenvalue weighted by Crippen LogP contribution is -2.46. The number of nitrogens with zero attached hydrogens (tertiary/aromatic N) is 2. The van der Waals surface area contributed by atoms with Crippen molar-refractivity contribution in [2.75, 3.05) is 26.8 Å². The van der Waals surface area contributed by atoms with Gasteiger partial charge in [0.2, 0.25) is 0 Å². The summed E-state index contributed by atoms with van der Waals surface area (Å²) in [7, 11) is 1.73. The van der Waals surface area contributed by atoms with Gasteiger partial charge in [-0.2, -0.15) is 0 Å². The third kappa shape index (κ3) is 2.92. The van der Waals surface area contributed by atoms with Crippen LogP contribution < -0.4 is 4.74 Å². The Hall–Kier alpha value is -1.91. The number of hydrogen-bond acceptors (Lipinski definition) is 4. The molecule has 24 heavy (non-hydrogen) atoms. The molecule has 2 aromatic rings. The van der Waals surface area contributed by atoms with E-state index in [2.05, 4.69) is 40.2 Å². The first-order chi connectivity index (χ1) is 11.8. The first-order valence-corrected chi connectivity index (χ1v) is 8.72. The zero-order valence-electron chi connectivity index (χ0n) is 14.2. The summed E-state index contributed by atoms with van der Waals surface area (Å²) in [5.41, 5.74) is 3.99.